The number of aliphatic hydroxyl groups excluding tert-OH is 1. The molecule has 1 aliphatic rings. The van der Waals surface area contributed by atoms with Gasteiger partial charge in [-0.05, 0) is 18.1 Å². The van der Waals surface area contributed by atoms with Crippen LogP contribution in [-0.4, -0.2) is 35.8 Å². The highest BCUT2D eigenvalue weighted by molar-refractivity contribution is 7.99. The van der Waals surface area contributed by atoms with Crippen molar-refractivity contribution in [2.75, 3.05) is 18.6 Å². The van der Waals surface area contributed by atoms with Gasteiger partial charge in [-0.3, -0.25) is 4.79 Å². The monoisotopic (exact) mass is 190 g/mol. The van der Waals surface area contributed by atoms with Crippen LogP contribution in [0.15, 0.2) is 0 Å². The van der Waals surface area contributed by atoms with Crippen LogP contribution in [0.1, 0.15) is 12.8 Å². The molecule has 0 aromatic heterocycles. The SMILES string of the molecule is COC(=O)CCC1CSCC1O. The Kier molecular flexibility index (Phi) is 3.88. The number of hydrogen-bond donors (Lipinski definition) is 1. The molecule has 0 saturated carbocycles. The number of ether oxygens (including phenoxy) is 1. The molecule has 2 atom stereocenters. The first kappa shape index (κ1) is 9.86. The molecule has 0 radical (unpaired) electrons. The van der Waals surface area contributed by atoms with Gasteiger partial charge in [0.05, 0.1) is 13.2 Å². The second-order valence-electron chi connectivity index (χ2n) is 2.98. The van der Waals surface area contributed by atoms with Crippen LogP contribution < -0.4 is 0 Å². The van der Waals surface area contributed by atoms with E-state index in [0.29, 0.717) is 6.42 Å². The third-order valence-electron chi connectivity index (χ3n) is 2.11. The third kappa shape index (κ3) is 2.68. The van der Waals surface area contributed by atoms with Crippen LogP contribution in [0.3, 0.4) is 0 Å². The van der Waals surface area contributed by atoms with Gasteiger partial charge in [0.1, 0.15) is 0 Å². The molecule has 12 heavy (non-hydrogen) atoms. The minimum Gasteiger partial charge on any atom is -0.469 e. The lowest BCUT2D eigenvalue weighted by atomic mass is 10.0. The third-order valence-corrected chi connectivity index (χ3v) is 3.35. The van der Waals surface area contributed by atoms with E-state index in [2.05, 4.69) is 4.74 Å². The summed E-state index contributed by atoms with van der Waals surface area (Å²) in [6, 6.07) is 0. The summed E-state index contributed by atoms with van der Waals surface area (Å²) < 4.78 is 4.52. The summed E-state index contributed by atoms with van der Waals surface area (Å²) >= 11 is 1.75. The Bertz CT molecular complexity index is 160. The minimum atomic E-state index is -0.223. The highest BCUT2D eigenvalue weighted by Gasteiger charge is 2.25. The first-order chi connectivity index (χ1) is 5.74. The summed E-state index contributed by atoms with van der Waals surface area (Å²) in [5.74, 6) is 1.89. The lowest BCUT2D eigenvalue weighted by molar-refractivity contribution is -0.141. The van der Waals surface area contributed by atoms with Crippen LogP contribution in [0.2, 0.25) is 0 Å². The first-order valence-corrected chi connectivity index (χ1v) is 5.22. The standard InChI is InChI=1S/C8H14O3S/c1-11-8(10)3-2-6-4-12-5-7(6)9/h6-7,9H,2-5H2,1H3. The van der Waals surface area contributed by atoms with Crippen LogP contribution in [-0.2, 0) is 9.53 Å². The summed E-state index contributed by atoms with van der Waals surface area (Å²) in [6.45, 7) is 0. The Morgan fingerprint density at radius 2 is 2.42 bits per heavy atom. The second-order valence-corrected chi connectivity index (χ2v) is 4.05. The van der Waals surface area contributed by atoms with E-state index >= 15 is 0 Å². The lowest BCUT2D eigenvalue weighted by Gasteiger charge is -2.11. The van der Waals surface area contributed by atoms with Gasteiger partial charge >= 0.3 is 5.97 Å². The molecular formula is C8H14O3S. The predicted molar refractivity (Wildman–Crippen MR) is 48.1 cm³/mol. The van der Waals surface area contributed by atoms with Crippen LogP contribution >= 0.6 is 11.8 Å². The molecule has 0 aromatic rings. The fraction of sp³-hybridized carbons (Fsp3) is 0.875. The van der Waals surface area contributed by atoms with Gasteiger partial charge in [-0.2, -0.15) is 11.8 Å². The number of aliphatic hydroxyl groups is 1. The van der Waals surface area contributed by atoms with Gasteiger partial charge < -0.3 is 9.84 Å². The zero-order chi connectivity index (χ0) is 8.97. The molecule has 70 valence electrons. The van der Waals surface area contributed by atoms with Crippen molar-refractivity contribution in [1.29, 1.82) is 0 Å². The van der Waals surface area contributed by atoms with E-state index in [1.165, 1.54) is 7.11 Å². The van der Waals surface area contributed by atoms with Gasteiger partial charge in [0.25, 0.3) is 0 Å². The largest absolute Gasteiger partial charge is 0.469 e. The van der Waals surface area contributed by atoms with Gasteiger partial charge in [-0.25, -0.2) is 0 Å². The first-order valence-electron chi connectivity index (χ1n) is 4.06. The zero-order valence-corrected chi connectivity index (χ0v) is 7.97. The zero-order valence-electron chi connectivity index (χ0n) is 7.16. The molecule has 1 heterocycles. The van der Waals surface area contributed by atoms with Crippen molar-refractivity contribution in [3.05, 3.63) is 0 Å². The van der Waals surface area contributed by atoms with E-state index in [4.69, 9.17) is 0 Å². The lowest BCUT2D eigenvalue weighted by Crippen LogP contribution is -2.18. The fourth-order valence-corrected chi connectivity index (χ4v) is 2.61. The van der Waals surface area contributed by atoms with Crippen LogP contribution in [0.25, 0.3) is 0 Å². The van der Waals surface area contributed by atoms with Crippen molar-refractivity contribution < 1.29 is 14.6 Å². The number of carbonyl (C=O) groups excluding carboxylic acids is 1. The molecular weight excluding hydrogens is 176 g/mol. The minimum absolute atomic E-state index is 0.181. The summed E-state index contributed by atoms with van der Waals surface area (Å²) in [4.78, 5) is 10.8. The van der Waals surface area contributed by atoms with Gasteiger partial charge in [0, 0.05) is 12.2 Å². The molecule has 1 fully saturated rings. The molecule has 1 rings (SSSR count). The van der Waals surface area contributed by atoms with Gasteiger partial charge in [-0.15, -0.1) is 0 Å². The predicted octanol–water partition coefficient (Wildman–Crippen LogP) is 0.663. The Morgan fingerprint density at radius 1 is 1.67 bits per heavy atom. The summed E-state index contributed by atoms with van der Waals surface area (Å²) in [6.07, 6.45) is 0.958. The number of methoxy groups -OCH3 is 1. The van der Waals surface area contributed by atoms with Gasteiger partial charge in [-0.1, -0.05) is 0 Å². The second kappa shape index (κ2) is 4.72. The average molecular weight is 190 g/mol. The van der Waals surface area contributed by atoms with E-state index in [1.54, 1.807) is 11.8 Å². The van der Waals surface area contributed by atoms with Crippen molar-refractivity contribution >= 4 is 17.7 Å². The number of thioether (sulfide) groups is 1. The molecule has 3 nitrogen and oxygen atoms in total. The van der Waals surface area contributed by atoms with E-state index in [1.807, 2.05) is 0 Å². The number of rotatable bonds is 3. The summed E-state index contributed by atoms with van der Waals surface area (Å²) in [7, 11) is 1.39. The quantitative estimate of drug-likeness (QED) is 0.664. The molecule has 0 aliphatic carbocycles. The molecule has 0 bridgehead atoms. The Hall–Kier alpha value is -0.220. The van der Waals surface area contributed by atoms with Crippen LogP contribution in [0, 0.1) is 5.92 Å². The molecule has 1 aliphatic heterocycles. The van der Waals surface area contributed by atoms with Crippen molar-refractivity contribution in [2.45, 2.75) is 18.9 Å². The smallest absolute Gasteiger partial charge is 0.305 e. The van der Waals surface area contributed by atoms with E-state index in [0.717, 1.165) is 17.9 Å². The molecule has 1 saturated heterocycles. The van der Waals surface area contributed by atoms with Gasteiger partial charge in [0.2, 0.25) is 0 Å². The van der Waals surface area contributed by atoms with E-state index in [9.17, 15) is 9.90 Å². The number of hydrogen-bond acceptors (Lipinski definition) is 4. The Labute approximate surface area is 76.5 Å². The molecule has 2 unspecified atom stereocenters. The molecule has 0 spiro atoms. The topological polar surface area (TPSA) is 46.5 Å². The average Bonchev–Trinajstić information content (AvgIpc) is 2.47. The number of carbonyl (C=O) groups is 1. The highest BCUT2D eigenvalue weighted by atomic mass is 32.2. The molecule has 4 heteroatoms. The maximum absolute atomic E-state index is 10.8. The fourth-order valence-electron chi connectivity index (χ4n) is 1.27. The van der Waals surface area contributed by atoms with Crippen LogP contribution in [0.4, 0.5) is 0 Å². The van der Waals surface area contributed by atoms with E-state index < -0.39 is 0 Å². The summed E-state index contributed by atoms with van der Waals surface area (Å²) in [5.41, 5.74) is 0. The highest BCUT2D eigenvalue weighted by Crippen LogP contribution is 2.27. The van der Waals surface area contributed by atoms with Crippen LogP contribution in [0.5, 0.6) is 0 Å². The summed E-state index contributed by atoms with van der Waals surface area (Å²) in [5, 5.41) is 9.40. The Balaban J connectivity index is 2.18. The van der Waals surface area contributed by atoms with Crippen molar-refractivity contribution in [3.63, 3.8) is 0 Å². The normalized spacial score (nSPS) is 28.8. The van der Waals surface area contributed by atoms with Crippen molar-refractivity contribution in [3.8, 4) is 0 Å². The Morgan fingerprint density at radius 3 is 2.92 bits per heavy atom. The maximum atomic E-state index is 10.8. The van der Waals surface area contributed by atoms with Crippen molar-refractivity contribution in [1.82, 2.24) is 0 Å². The van der Waals surface area contributed by atoms with Gasteiger partial charge in [0.15, 0.2) is 0 Å². The number of esters is 1. The van der Waals surface area contributed by atoms with Crippen molar-refractivity contribution in [2.24, 2.45) is 5.92 Å². The molecule has 1 N–H and O–H groups in total. The van der Waals surface area contributed by atoms with E-state index in [-0.39, 0.29) is 18.0 Å². The molecule has 0 amide bonds. The molecule has 0 aromatic carbocycles. The maximum Gasteiger partial charge on any atom is 0.305 e.